The number of aryl methyl sites for hydroxylation is 1. The molecule has 0 spiro atoms. The van der Waals surface area contributed by atoms with Crippen LogP contribution in [0.2, 0.25) is 0 Å². The lowest BCUT2D eigenvalue weighted by atomic mass is 9.68. The Kier molecular flexibility index (Phi) is 6.68. The van der Waals surface area contributed by atoms with Gasteiger partial charge in [0.25, 0.3) is 0 Å². The molecule has 0 saturated carbocycles. The largest absolute Gasteiger partial charge is 0.460 e. The Morgan fingerprint density at radius 2 is 1.67 bits per heavy atom. The maximum absolute atomic E-state index is 13.7. The van der Waals surface area contributed by atoms with Crippen molar-refractivity contribution in [3.8, 4) is 17.0 Å². The van der Waals surface area contributed by atoms with Crippen LogP contribution in [0, 0.1) is 18.3 Å². The van der Waals surface area contributed by atoms with Gasteiger partial charge in [-0.2, -0.15) is 9.40 Å². The number of benzene rings is 2. The van der Waals surface area contributed by atoms with Crippen LogP contribution in [-0.2, 0) is 19.6 Å². The molecule has 0 bridgehead atoms. The highest BCUT2D eigenvalue weighted by Gasteiger charge is 2.47. The van der Waals surface area contributed by atoms with Crippen molar-refractivity contribution >= 4 is 21.6 Å². The summed E-state index contributed by atoms with van der Waals surface area (Å²) >= 11 is 0. The Morgan fingerprint density at radius 1 is 0.953 bits per heavy atom. The van der Waals surface area contributed by atoms with Gasteiger partial charge in [-0.1, -0.05) is 38.1 Å². The summed E-state index contributed by atoms with van der Waals surface area (Å²) in [4.78, 5) is 14.0. The standard InChI is InChI=1S/C33H34N4O5S/c1-21-29-31(28-14-13-27(42-28)22-9-11-24(12-10-22)43(39,40)36-15-17-41-18-16-36)30-25(19-33(2,3)20-26(30)38)34-32(29)37(35-21)23-7-5-4-6-8-23/h4-14,19,30-31,34H,15-18,20H2,1-3H3/t30-,31+/m0/s1. The fourth-order valence-corrected chi connectivity index (χ4v) is 7.98. The number of hydrogen-bond donors (Lipinski definition) is 1. The molecular weight excluding hydrogens is 564 g/mol. The number of aromatic nitrogens is 2. The number of nitrogens with one attached hydrogen (secondary N) is 1. The van der Waals surface area contributed by atoms with E-state index in [1.54, 1.807) is 24.3 Å². The number of allylic oxidation sites excluding steroid dienone is 2. The molecule has 0 radical (unpaired) electrons. The molecule has 0 amide bonds. The summed E-state index contributed by atoms with van der Waals surface area (Å²) in [6.45, 7) is 7.60. The predicted molar refractivity (Wildman–Crippen MR) is 162 cm³/mol. The molecule has 3 aliphatic rings. The number of carbonyl (C=O) groups excluding carboxylic acids is 1. The predicted octanol–water partition coefficient (Wildman–Crippen LogP) is 5.52. The number of ether oxygens (including phenoxy) is 1. The number of carbonyl (C=O) groups is 1. The van der Waals surface area contributed by atoms with Gasteiger partial charge >= 0.3 is 0 Å². The molecule has 1 saturated heterocycles. The molecule has 2 aromatic heterocycles. The highest BCUT2D eigenvalue weighted by molar-refractivity contribution is 7.89. The normalized spacial score (nSPS) is 21.9. The van der Waals surface area contributed by atoms with Gasteiger partial charge in [0.1, 0.15) is 23.1 Å². The van der Waals surface area contributed by atoms with Crippen molar-refractivity contribution in [2.75, 3.05) is 31.6 Å². The van der Waals surface area contributed by atoms with Gasteiger partial charge in [0, 0.05) is 36.3 Å². The second kappa shape index (κ2) is 10.3. The number of Topliss-reactive ketones (excluding diaryl/α,β-unsaturated/α-hetero) is 1. The van der Waals surface area contributed by atoms with Crippen molar-refractivity contribution in [3.05, 3.63) is 95.5 Å². The van der Waals surface area contributed by atoms with Crippen LogP contribution in [0.4, 0.5) is 5.82 Å². The van der Waals surface area contributed by atoms with E-state index in [0.29, 0.717) is 44.2 Å². The first-order valence-electron chi connectivity index (χ1n) is 14.6. The van der Waals surface area contributed by atoms with Crippen LogP contribution in [0.3, 0.4) is 0 Å². The summed E-state index contributed by atoms with van der Waals surface area (Å²) in [5.41, 5.74) is 4.03. The lowest BCUT2D eigenvalue weighted by Gasteiger charge is -2.39. The van der Waals surface area contributed by atoms with Gasteiger partial charge in [-0.3, -0.25) is 4.79 Å². The van der Waals surface area contributed by atoms with E-state index in [1.807, 2.05) is 54.1 Å². The Hall–Kier alpha value is -3.99. The van der Waals surface area contributed by atoms with Crippen LogP contribution >= 0.6 is 0 Å². The maximum Gasteiger partial charge on any atom is 0.243 e. The number of hydrogen-bond acceptors (Lipinski definition) is 7. The summed E-state index contributed by atoms with van der Waals surface area (Å²) in [6.07, 6.45) is 2.61. The molecule has 2 aliphatic heterocycles. The van der Waals surface area contributed by atoms with E-state index in [-0.39, 0.29) is 22.0 Å². The van der Waals surface area contributed by atoms with Crippen molar-refractivity contribution in [1.82, 2.24) is 14.1 Å². The van der Waals surface area contributed by atoms with Gasteiger partial charge in [0.15, 0.2) is 0 Å². The van der Waals surface area contributed by atoms with Gasteiger partial charge in [-0.15, -0.1) is 0 Å². The fraction of sp³-hybridized carbons (Fsp3) is 0.333. The number of ketones is 1. The summed E-state index contributed by atoms with van der Waals surface area (Å²) < 4.78 is 41.4. The Labute approximate surface area is 251 Å². The first-order chi connectivity index (χ1) is 20.6. The number of anilines is 1. The molecule has 2 aromatic carbocycles. The SMILES string of the molecule is Cc1nn(-c2ccccc2)c2c1[C@@H](c1ccc(-c3ccc(S(=O)(=O)N4CCOCC4)cc3)o1)[C@@H]1C(=O)CC(C)(C)C=C1N2. The van der Waals surface area contributed by atoms with Crippen LogP contribution in [-0.4, -0.2) is 54.6 Å². The zero-order valence-electron chi connectivity index (χ0n) is 24.4. The second-order valence-corrected chi connectivity index (χ2v) is 14.1. The molecule has 0 unspecified atom stereocenters. The van der Waals surface area contributed by atoms with Gasteiger partial charge in [0.05, 0.1) is 41.3 Å². The molecule has 7 rings (SSSR count). The Morgan fingerprint density at radius 3 is 2.40 bits per heavy atom. The molecule has 2 atom stereocenters. The van der Waals surface area contributed by atoms with E-state index in [4.69, 9.17) is 14.3 Å². The van der Waals surface area contributed by atoms with E-state index < -0.39 is 15.9 Å². The number of rotatable bonds is 5. The highest BCUT2D eigenvalue weighted by atomic mass is 32.2. The minimum atomic E-state index is -3.60. The molecule has 43 heavy (non-hydrogen) atoms. The Balaban J connectivity index is 1.28. The first-order valence-corrected chi connectivity index (χ1v) is 16.0. The van der Waals surface area contributed by atoms with Crippen LogP contribution < -0.4 is 5.32 Å². The molecular formula is C33H34N4O5S. The molecule has 1 aliphatic carbocycles. The number of nitrogens with zero attached hydrogens (tertiary/aromatic N) is 3. The topological polar surface area (TPSA) is 107 Å². The van der Waals surface area contributed by atoms with Gasteiger partial charge in [-0.05, 0) is 60.9 Å². The maximum atomic E-state index is 13.7. The fourth-order valence-electron chi connectivity index (χ4n) is 6.57. The average molecular weight is 599 g/mol. The molecule has 10 heteroatoms. The third-order valence-corrected chi connectivity index (χ3v) is 10.5. The molecule has 1 fully saturated rings. The summed E-state index contributed by atoms with van der Waals surface area (Å²) in [5, 5.41) is 8.49. The molecule has 9 nitrogen and oxygen atoms in total. The van der Waals surface area contributed by atoms with Crippen molar-refractivity contribution in [3.63, 3.8) is 0 Å². The summed E-state index contributed by atoms with van der Waals surface area (Å²) in [6, 6.07) is 20.5. The van der Waals surface area contributed by atoms with E-state index in [0.717, 1.165) is 34.0 Å². The number of morpholine rings is 1. The van der Waals surface area contributed by atoms with Gasteiger partial charge in [0.2, 0.25) is 10.0 Å². The zero-order chi connectivity index (χ0) is 29.9. The Bertz CT molecular complexity index is 1830. The first kappa shape index (κ1) is 27.8. The molecule has 4 aromatic rings. The van der Waals surface area contributed by atoms with Crippen LogP contribution in [0.25, 0.3) is 17.0 Å². The van der Waals surface area contributed by atoms with Crippen LogP contribution in [0.15, 0.2) is 87.8 Å². The van der Waals surface area contributed by atoms with E-state index >= 15 is 0 Å². The van der Waals surface area contributed by atoms with Crippen molar-refractivity contribution in [1.29, 1.82) is 0 Å². The van der Waals surface area contributed by atoms with Crippen LogP contribution in [0.1, 0.15) is 43.2 Å². The number of para-hydroxylation sites is 1. The third-order valence-electron chi connectivity index (χ3n) is 8.55. The second-order valence-electron chi connectivity index (χ2n) is 12.1. The van der Waals surface area contributed by atoms with E-state index in [1.165, 1.54) is 4.31 Å². The highest BCUT2D eigenvalue weighted by Crippen LogP contribution is 2.51. The molecule has 1 N–H and O–H groups in total. The average Bonchev–Trinajstić information content (AvgIpc) is 3.61. The minimum Gasteiger partial charge on any atom is -0.460 e. The van der Waals surface area contributed by atoms with Crippen molar-refractivity contribution < 1.29 is 22.4 Å². The molecule has 4 heterocycles. The number of sulfonamides is 1. The minimum absolute atomic E-state index is 0.160. The monoisotopic (exact) mass is 598 g/mol. The third kappa shape index (κ3) is 4.83. The van der Waals surface area contributed by atoms with E-state index in [2.05, 4.69) is 25.2 Å². The van der Waals surface area contributed by atoms with Crippen LogP contribution in [0.5, 0.6) is 0 Å². The van der Waals surface area contributed by atoms with E-state index in [9.17, 15) is 13.2 Å². The summed E-state index contributed by atoms with van der Waals surface area (Å²) in [7, 11) is -3.60. The quantitative estimate of drug-likeness (QED) is 0.323. The lowest BCUT2D eigenvalue weighted by Crippen LogP contribution is -2.40. The van der Waals surface area contributed by atoms with Gasteiger partial charge in [-0.25, -0.2) is 13.1 Å². The smallest absolute Gasteiger partial charge is 0.243 e. The molecule has 222 valence electrons. The number of furan rings is 1. The lowest BCUT2D eigenvalue weighted by molar-refractivity contribution is -0.124. The zero-order valence-corrected chi connectivity index (χ0v) is 25.2. The van der Waals surface area contributed by atoms with Crippen molar-refractivity contribution in [2.24, 2.45) is 11.3 Å². The van der Waals surface area contributed by atoms with Gasteiger partial charge < -0.3 is 14.5 Å². The number of fused-ring (bicyclic) bond motifs is 2. The summed E-state index contributed by atoms with van der Waals surface area (Å²) in [5.74, 6) is 1.48. The van der Waals surface area contributed by atoms with Crippen molar-refractivity contribution in [2.45, 2.75) is 38.0 Å².